The second kappa shape index (κ2) is 9.59. The molecule has 1 atom stereocenters. The number of carbonyl (C=O) groups excluding carboxylic acids is 1. The first-order valence-corrected chi connectivity index (χ1v) is 11.2. The lowest BCUT2D eigenvalue weighted by atomic mass is 9.90. The van der Waals surface area contributed by atoms with Crippen molar-refractivity contribution in [1.82, 2.24) is 14.5 Å². The van der Waals surface area contributed by atoms with Crippen LogP contribution < -0.4 is 5.56 Å². The van der Waals surface area contributed by atoms with Crippen LogP contribution in [-0.4, -0.2) is 38.4 Å². The number of esters is 1. The van der Waals surface area contributed by atoms with Crippen molar-refractivity contribution in [3.8, 4) is 23.0 Å². The quantitative estimate of drug-likeness (QED) is 0.317. The third-order valence-electron chi connectivity index (χ3n) is 5.86. The number of aryl methyl sites for hydroxylation is 2. The number of ether oxygens (including phenoxy) is 1. The molecule has 0 aliphatic carbocycles. The van der Waals surface area contributed by atoms with E-state index in [2.05, 4.69) is 15.9 Å². The highest BCUT2D eigenvalue weighted by molar-refractivity contribution is 6.07. The van der Waals surface area contributed by atoms with Crippen LogP contribution in [0.3, 0.4) is 0 Å². The van der Waals surface area contributed by atoms with Gasteiger partial charge in [0, 0.05) is 42.3 Å². The fraction of sp³-hybridized carbons (Fsp3) is 0.222. The summed E-state index contributed by atoms with van der Waals surface area (Å²) in [7, 11) is 1.40. The molecule has 0 amide bonds. The maximum Gasteiger partial charge on any atom is 0.433 e. The number of hydrogen-bond acceptors (Lipinski definition) is 5. The van der Waals surface area contributed by atoms with Crippen molar-refractivity contribution < 1.29 is 27.8 Å². The normalized spacial score (nSPS) is 13.1. The number of benzene rings is 1. The van der Waals surface area contributed by atoms with E-state index in [0.29, 0.717) is 16.8 Å². The van der Waals surface area contributed by atoms with Crippen molar-refractivity contribution in [3.05, 3.63) is 87.7 Å². The second-order valence-corrected chi connectivity index (χ2v) is 8.33. The number of halogens is 3. The lowest BCUT2D eigenvalue weighted by Crippen LogP contribution is -2.41. The van der Waals surface area contributed by atoms with E-state index in [9.17, 15) is 27.9 Å². The minimum absolute atomic E-state index is 0.00651. The van der Waals surface area contributed by atoms with E-state index in [4.69, 9.17) is 4.74 Å². The highest BCUT2D eigenvalue weighted by atomic mass is 19.4. The van der Waals surface area contributed by atoms with E-state index in [1.165, 1.54) is 37.8 Å². The molecule has 3 heterocycles. The number of aromatic nitrogens is 3. The molecule has 0 bridgehead atoms. The zero-order valence-corrected chi connectivity index (χ0v) is 20.1. The minimum atomic E-state index is -5.18. The highest BCUT2D eigenvalue weighted by Crippen LogP contribution is 2.40. The Kier molecular flexibility index (Phi) is 6.67. The third kappa shape index (κ3) is 4.61. The highest BCUT2D eigenvalue weighted by Gasteiger charge is 2.54. The number of aromatic amines is 1. The van der Waals surface area contributed by atoms with Crippen LogP contribution >= 0.6 is 0 Å². The number of alkyl halides is 3. The topological polar surface area (TPSA) is 97.2 Å². The first-order chi connectivity index (χ1) is 17.5. The van der Waals surface area contributed by atoms with Crippen LogP contribution in [0.25, 0.3) is 22.0 Å². The van der Waals surface area contributed by atoms with E-state index >= 15 is 0 Å². The SMILES string of the molecule is CCOC(=O)c1c(C)[nH]c2c(=O)n(C)cc(C#CC(O)(c3cccc(-c4cccnc4)c3)C(F)(F)F)c12. The molecule has 4 rings (SSSR count). The lowest BCUT2D eigenvalue weighted by molar-refractivity contribution is -0.240. The zero-order valence-electron chi connectivity index (χ0n) is 20.1. The molecular formula is C27H22F3N3O4. The summed E-state index contributed by atoms with van der Waals surface area (Å²) in [5.74, 6) is 3.62. The maximum absolute atomic E-state index is 14.3. The molecule has 0 spiro atoms. The number of rotatable bonds is 4. The molecule has 37 heavy (non-hydrogen) atoms. The Labute approximate surface area is 209 Å². The Morgan fingerprint density at radius 1 is 1.22 bits per heavy atom. The molecule has 1 aromatic carbocycles. The number of aliphatic hydroxyl groups is 1. The first kappa shape index (κ1) is 25.7. The number of nitrogens with zero attached hydrogens (tertiary/aromatic N) is 2. The van der Waals surface area contributed by atoms with E-state index in [-0.39, 0.29) is 28.6 Å². The number of fused-ring (bicyclic) bond motifs is 1. The molecule has 0 fully saturated rings. The number of hydrogen-bond donors (Lipinski definition) is 2. The average Bonchev–Trinajstić information content (AvgIpc) is 3.22. The van der Waals surface area contributed by atoms with Crippen molar-refractivity contribution in [2.24, 2.45) is 7.05 Å². The summed E-state index contributed by atoms with van der Waals surface area (Å²) in [6.07, 6.45) is -0.933. The van der Waals surface area contributed by atoms with Gasteiger partial charge in [0.25, 0.3) is 5.56 Å². The first-order valence-electron chi connectivity index (χ1n) is 11.2. The molecule has 190 valence electrons. The molecule has 0 saturated heterocycles. The van der Waals surface area contributed by atoms with Gasteiger partial charge in [0.15, 0.2) is 0 Å². The summed E-state index contributed by atoms with van der Waals surface area (Å²) in [6, 6.07) is 8.62. The van der Waals surface area contributed by atoms with Crippen LogP contribution in [0.5, 0.6) is 0 Å². The Bertz CT molecular complexity index is 1610. The standard InChI is InChI=1S/C27H22F3N3O4/c1-4-37-25(35)21-16(2)32-23-22(21)19(15-33(3)24(23)34)10-11-26(36,27(28,29)30)20-9-5-7-17(13-20)18-8-6-12-31-14-18/h5-9,12-15,32,36H,4H2,1-3H3. The van der Waals surface area contributed by atoms with Crippen LogP contribution in [-0.2, 0) is 17.4 Å². The van der Waals surface area contributed by atoms with Gasteiger partial charge < -0.3 is 19.4 Å². The Balaban J connectivity index is 1.94. The van der Waals surface area contributed by atoms with Gasteiger partial charge in [0.2, 0.25) is 5.60 Å². The molecule has 3 aromatic heterocycles. The maximum atomic E-state index is 14.3. The van der Waals surface area contributed by atoms with E-state index in [0.717, 1.165) is 10.6 Å². The summed E-state index contributed by atoms with van der Waals surface area (Å²) >= 11 is 0. The Hall–Kier alpha value is -4.36. The van der Waals surface area contributed by atoms with Crippen molar-refractivity contribution in [1.29, 1.82) is 0 Å². The molecule has 4 aromatic rings. The zero-order chi connectivity index (χ0) is 27.0. The van der Waals surface area contributed by atoms with Gasteiger partial charge in [-0.1, -0.05) is 30.2 Å². The van der Waals surface area contributed by atoms with Crippen LogP contribution in [0, 0.1) is 18.8 Å². The van der Waals surface area contributed by atoms with Crippen molar-refractivity contribution in [2.75, 3.05) is 6.61 Å². The number of H-pyrrole nitrogens is 1. The summed E-state index contributed by atoms with van der Waals surface area (Å²) in [5.41, 5.74) is -3.36. The van der Waals surface area contributed by atoms with E-state index in [1.54, 1.807) is 32.0 Å². The van der Waals surface area contributed by atoms with Gasteiger partial charge in [-0.25, -0.2) is 4.79 Å². The second-order valence-electron chi connectivity index (χ2n) is 8.33. The predicted molar refractivity (Wildman–Crippen MR) is 131 cm³/mol. The van der Waals surface area contributed by atoms with Crippen LogP contribution in [0.15, 0.2) is 59.8 Å². The van der Waals surface area contributed by atoms with Gasteiger partial charge in [-0.3, -0.25) is 9.78 Å². The third-order valence-corrected chi connectivity index (χ3v) is 5.86. The van der Waals surface area contributed by atoms with Crippen LogP contribution in [0.1, 0.15) is 34.1 Å². The van der Waals surface area contributed by atoms with Gasteiger partial charge in [-0.15, -0.1) is 0 Å². The molecule has 2 N–H and O–H groups in total. The van der Waals surface area contributed by atoms with Crippen molar-refractivity contribution in [3.63, 3.8) is 0 Å². The molecule has 0 saturated carbocycles. The van der Waals surface area contributed by atoms with Crippen molar-refractivity contribution in [2.45, 2.75) is 25.6 Å². The van der Waals surface area contributed by atoms with Crippen LogP contribution in [0.4, 0.5) is 13.2 Å². The molecular weight excluding hydrogens is 487 g/mol. The fourth-order valence-electron chi connectivity index (χ4n) is 4.02. The summed E-state index contributed by atoms with van der Waals surface area (Å²) in [4.78, 5) is 32.1. The molecule has 1 unspecified atom stereocenters. The summed E-state index contributed by atoms with van der Waals surface area (Å²) in [6.45, 7) is 3.20. The van der Waals surface area contributed by atoms with Crippen LogP contribution in [0.2, 0.25) is 0 Å². The minimum Gasteiger partial charge on any atom is -0.462 e. The number of pyridine rings is 2. The summed E-state index contributed by atoms with van der Waals surface area (Å²) in [5, 5.41) is 11.0. The van der Waals surface area contributed by atoms with Gasteiger partial charge in [-0.05, 0) is 43.0 Å². The molecule has 0 aliphatic heterocycles. The molecule has 0 radical (unpaired) electrons. The number of nitrogens with one attached hydrogen (secondary N) is 1. The van der Waals surface area contributed by atoms with E-state index < -0.39 is 28.9 Å². The molecule has 10 heteroatoms. The predicted octanol–water partition coefficient (Wildman–Crippen LogP) is 4.22. The molecule has 0 aliphatic rings. The summed E-state index contributed by atoms with van der Waals surface area (Å²) < 4.78 is 49.1. The largest absolute Gasteiger partial charge is 0.462 e. The molecule has 7 nitrogen and oxygen atoms in total. The van der Waals surface area contributed by atoms with Gasteiger partial charge in [0.05, 0.1) is 17.7 Å². The van der Waals surface area contributed by atoms with Gasteiger partial charge >= 0.3 is 12.1 Å². The number of carbonyl (C=O) groups is 1. The lowest BCUT2D eigenvalue weighted by Gasteiger charge is -2.26. The van der Waals surface area contributed by atoms with Gasteiger partial charge in [-0.2, -0.15) is 13.2 Å². The Morgan fingerprint density at radius 2 is 1.95 bits per heavy atom. The monoisotopic (exact) mass is 509 g/mol. The Morgan fingerprint density at radius 3 is 2.59 bits per heavy atom. The smallest absolute Gasteiger partial charge is 0.433 e. The fourth-order valence-corrected chi connectivity index (χ4v) is 4.02. The average molecular weight is 509 g/mol. The van der Waals surface area contributed by atoms with E-state index in [1.807, 2.05) is 5.92 Å². The van der Waals surface area contributed by atoms with Gasteiger partial charge in [0.1, 0.15) is 5.52 Å². The van der Waals surface area contributed by atoms with Crippen molar-refractivity contribution >= 4 is 16.9 Å².